The first-order chi connectivity index (χ1) is 10.7. The molecule has 0 saturated heterocycles. The van der Waals surface area contributed by atoms with Crippen molar-refractivity contribution in [1.29, 1.82) is 0 Å². The fourth-order valence-corrected chi connectivity index (χ4v) is 3.08. The van der Waals surface area contributed by atoms with Gasteiger partial charge in [-0.1, -0.05) is 48.5 Å². The Morgan fingerprint density at radius 1 is 0.783 bits per heavy atom. The largest absolute Gasteiger partial charge is 1.00 e. The van der Waals surface area contributed by atoms with E-state index in [9.17, 15) is 4.39 Å². The van der Waals surface area contributed by atoms with Crippen molar-refractivity contribution in [3.05, 3.63) is 78.7 Å². The monoisotopic (exact) mass is 415 g/mol. The molecule has 0 fully saturated rings. The average Bonchev–Trinajstić information content (AvgIpc) is 2.55. The molecule has 4 rings (SSSR count). The number of benzene rings is 3. The molecular formula is C20H15FIN. The maximum absolute atomic E-state index is 13.8. The van der Waals surface area contributed by atoms with E-state index in [1.54, 1.807) is 12.3 Å². The summed E-state index contributed by atoms with van der Waals surface area (Å²) in [6.07, 6.45) is 1.77. The minimum atomic E-state index is -0.217. The lowest BCUT2D eigenvalue weighted by atomic mass is 9.94. The van der Waals surface area contributed by atoms with E-state index in [1.807, 2.05) is 35.9 Å². The molecule has 4 aromatic rings. The minimum absolute atomic E-state index is 0. The van der Waals surface area contributed by atoms with Gasteiger partial charge in [-0.05, 0) is 27.6 Å². The Balaban J connectivity index is 0.00000156. The number of fused-ring (bicyclic) bond motifs is 2. The van der Waals surface area contributed by atoms with Gasteiger partial charge in [0.15, 0.2) is 6.20 Å². The van der Waals surface area contributed by atoms with E-state index in [4.69, 9.17) is 0 Å². The van der Waals surface area contributed by atoms with Crippen LogP contribution in [0.1, 0.15) is 0 Å². The minimum Gasteiger partial charge on any atom is -1.00 e. The zero-order chi connectivity index (χ0) is 15.1. The van der Waals surface area contributed by atoms with E-state index >= 15 is 0 Å². The fourth-order valence-electron chi connectivity index (χ4n) is 3.08. The SMILES string of the molecule is C[n+]1ccc(F)cc1-c1c2ccccc2cc2ccccc12.[I-]. The third-order valence-electron chi connectivity index (χ3n) is 4.14. The van der Waals surface area contributed by atoms with Gasteiger partial charge in [-0.3, -0.25) is 0 Å². The fraction of sp³-hybridized carbons (Fsp3) is 0.0500. The Labute approximate surface area is 151 Å². The quantitative estimate of drug-likeness (QED) is 0.253. The number of hydrogen-bond donors (Lipinski definition) is 0. The second kappa shape index (κ2) is 6.24. The Morgan fingerprint density at radius 2 is 1.35 bits per heavy atom. The summed E-state index contributed by atoms with van der Waals surface area (Å²) < 4.78 is 15.8. The molecule has 0 saturated carbocycles. The van der Waals surface area contributed by atoms with Gasteiger partial charge in [-0.2, -0.15) is 0 Å². The number of halogens is 2. The summed E-state index contributed by atoms with van der Waals surface area (Å²) >= 11 is 0. The average molecular weight is 415 g/mol. The van der Waals surface area contributed by atoms with E-state index in [-0.39, 0.29) is 29.8 Å². The van der Waals surface area contributed by atoms with Crippen molar-refractivity contribution in [2.24, 2.45) is 7.05 Å². The lowest BCUT2D eigenvalue weighted by molar-refractivity contribution is -0.660. The van der Waals surface area contributed by atoms with E-state index in [0.717, 1.165) is 22.0 Å². The van der Waals surface area contributed by atoms with Crippen molar-refractivity contribution in [2.75, 3.05) is 0 Å². The molecule has 114 valence electrons. The molecule has 0 aliphatic carbocycles. The number of nitrogens with zero attached hydrogens (tertiary/aromatic N) is 1. The van der Waals surface area contributed by atoms with Gasteiger partial charge in [0.1, 0.15) is 12.9 Å². The topological polar surface area (TPSA) is 3.88 Å². The molecule has 23 heavy (non-hydrogen) atoms. The lowest BCUT2D eigenvalue weighted by Crippen LogP contribution is -3.00. The van der Waals surface area contributed by atoms with Gasteiger partial charge in [0, 0.05) is 12.1 Å². The Kier molecular flexibility index (Phi) is 4.31. The highest BCUT2D eigenvalue weighted by molar-refractivity contribution is 6.11. The first-order valence-corrected chi connectivity index (χ1v) is 7.30. The number of rotatable bonds is 1. The summed E-state index contributed by atoms with van der Waals surface area (Å²) in [5.41, 5.74) is 1.96. The molecule has 0 amide bonds. The van der Waals surface area contributed by atoms with Crippen LogP contribution in [0.15, 0.2) is 72.9 Å². The molecule has 0 aliphatic heterocycles. The summed E-state index contributed by atoms with van der Waals surface area (Å²) in [4.78, 5) is 0. The van der Waals surface area contributed by atoms with E-state index in [0.29, 0.717) is 0 Å². The van der Waals surface area contributed by atoms with Crippen molar-refractivity contribution < 1.29 is 32.9 Å². The Hall–Kier alpha value is -2.01. The Morgan fingerprint density at radius 3 is 1.96 bits per heavy atom. The maximum atomic E-state index is 13.8. The van der Waals surface area contributed by atoms with Crippen LogP contribution in [0.2, 0.25) is 0 Å². The van der Waals surface area contributed by atoms with Gasteiger partial charge < -0.3 is 24.0 Å². The van der Waals surface area contributed by atoms with Crippen molar-refractivity contribution >= 4 is 21.5 Å². The maximum Gasteiger partial charge on any atom is 0.216 e. The highest BCUT2D eigenvalue weighted by Crippen LogP contribution is 2.34. The highest BCUT2D eigenvalue weighted by Gasteiger charge is 2.17. The predicted octanol–water partition coefficient (Wildman–Crippen LogP) is 1.63. The third kappa shape index (κ3) is 2.70. The lowest BCUT2D eigenvalue weighted by Gasteiger charge is -2.10. The van der Waals surface area contributed by atoms with Crippen molar-refractivity contribution in [1.82, 2.24) is 0 Å². The van der Waals surface area contributed by atoms with Crippen molar-refractivity contribution in [3.63, 3.8) is 0 Å². The predicted molar refractivity (Wildman–Crippen MR) is 88.0 cm³/mol. The van der Waals surface area contributed by atoms with Crippen LogP contribution in [0.3, 0.4) is 0 Å². The highest BCUT2D eigenvalue weighted by atomic mass is 127. The summed E-state index contributed by atoms with van der Waals surface area (Å²) in [7, 11) is 1.95. The number of hydrogen-bond acceptors (Lipinski definition) is 0. The first-order valence-electron chi connectivity index (χ1n) is 7.30. The van der Waals surface area contributed by atoms with Crippen LogP contribution in [0.25, 0.3) is 32.8 Å². The molecule has 0 N–H and O–H groups in total. The molecule has 3 aromatic carbocycles. The number of aryl methyl sites for hydroxylation is 1. The summed E-state index contributed by atoms with van der Waals surface area (Å²) in [5, 5.41) is 4.62. The number of pyridine rings is 1. The van der Waals surface area contributed by atoms with Crippen LogP contribution < -0.4 is 28.5 Å². The van der Waals surface area contributed by atoms with Crippen molar-refractivity contribution in [3.8, 4) is 11.3 Å². The second-order valence-corrected chi connectivity index (χ2v) is 5.53. The normalized spacial score (nSPS) is 10.7. The smallest absolute Gasteiger partial charge is 0.216 e. The van der Waals surface area contributed by atoms with Gasteiger partial charge in [0.2, 0.25) is 5.69 Å². The standard InChI is InChI=1S/C20H15FN.HI/c1-22-11-10-16(21)13-19(22)20-17-8-4-2-6-14(17)12-15-7-3-5-9-18(15)20;/h2-13H,1H3;1H/q+1;/p-1. The molecule has 0 unspecified atom stereocenters. The van der Waals surface area contributed by atoms with Gasteiger partial charge in [-0.15, -0.1) is 0 Å². The Bertz CT molecular complexity index is 957. The third-order valence-corrected chi connectivity index (χ3v) is 4.14. The molecule has 3 heteroatoms. The molecule has 0 atom stereocenters. The van der Waals surface area contributed by atoms with Crippen molar-refractivity contribution in [2.45, 2.75) is 0 Å². The molecule has 1 heterocycles. The van der Waals surface area contributed by atoms with Gasteiger partial charge >= 0.3 is 0 Å². The molecular weight excluding hydrogens is 400 g/mol. The van der Waals surface area contributed by atoms with Gasteiger partial charge in [-0.25, -0.2) is 8.96 Å². The van der Waals surface area contributed by atoms with Crippen LogP contribution in [0, 0.1) is 5.82 Å². The summed E-state index contributed by atoms with van der Waals surface area (Å²) in [6.45, 7) is 0. The molecule has 1 nitrogen and oxygen atoms in total. The second-order valence-electron chi connectivity index (χ2n) is 5.53. The molecule has 0 bridgehead atoms. The zero-order valence-corrected chi connectivity index (χ0v) is 14.8. The van der Waals surface area contributed by atoms with E-state index in [1.165, 1.54) is 16.8 Å². The number of aromatic nitrogens is 1. The van der Waals surface area contributed by atoms with Gasteiger partial charge in [0.05, 0.1) is 5.56 Å². The molecule has 0 spiro atoms. The van der Waals surface area contributed by atoms with E-state index < -0.39 is 0 Å². The molecule has 0 radical (unpaired) electrons. The van der Waals surface area contributed by atoms with Crippen LogP contribution in [0.4, 0.5) is 4.39 Å². The molecule has 0 aliphatic rings. The summed E-state index contributed by atoms with van der Waals surface area (Å²) in [6, 6.07) is 21.8. The van der Waals surface area contributed by atoms with Crippen LogP contribution in [0.5, 0.6) is 0 Å². The van der Waals surface area contributed by atoms with E-state index in [2.05, 4.69) is 30.3 Å². The van der Waals surface area contributed by atoms with Gasteiger partial charge in [0.25, 0.3) is 0 Å². The van der Waals surface area contributed by atoms with Crippen LogP contribution in [-0.4, -0.2) is 0 Å². The van der Waals surface area contributed by atoms with Crippen LogP contribution >= 0.6 is 0 Å². The zero-order valence-electron chi connectivity index (χ0n) is 12.6. The summed E-state index contributed by atoms with van der Waals surface area (Å²) in [5.74, 6) is -0.217. The first kappa shape index (κ1) is 15.9. The molecule has 1 aromatic heterocycles. The van der Waals surface area contributed by atoms with Crippen LogP contribution in [-0.2, 0) is 7.05 Å².